The van der Waals surface area contributed by atoms with Crippen molar-refractivity contribution in [1.82, 2.24) is 15.3 Å². The molecule has 0 saturated heterocycles. The van der Waals surface area contributed by atoms with Gasteiger partial charge in [-0.15, -0.1) is 0 Å². The molecule has 0 fully saturated rings. The number of anilines is 1. The van der Waals surface area contributed by atoms with Crippen LogP contribution >= 0.6 is 23.2 Å². The van der Waals surface area contributed by atoms with Crippen LogP contribution in [0.25, 0.3) is 22.3 Å². The van der Waals surface area contributed by atoms with Gasteiger partial charge >= 0.3 is 11.9 Å². The van der Waals surface area contributed by atoms with E-state index in [4.69, 9.17) is 44.2 Å². The number of carbonyl (C=O) groups is 2. The maximum atomic E-state index is 12.9. The van der Waals surface area contributed by atoms with Gasteiger partial charge in [-0.3, -0.25) is 9.59 Å². The van der Waals surface area contributed by atoms with E-state index in [0.717, 1.165) is 56.0 Å². The Hall–Kier alpha value is -4.89. The van der Waals surface area contributed by atoms with Crippen LogP contribution < -0.4 is 19.7 Å². The molecule has 6 aromatic rings. The second kappa shape index (κ2) is 27.1. The number of pyridine rings is 2. The minimum Gasteiger partial charge on any atom is -0.496 e. The summed E-state index contributed by atoms with van der Waals surface area (Å²) in [5.74, 6) is 0.0179. The fraction of sp³-hybridized carbons (Fsp3) is 0.178. The van der Waals surface area contributed by atoms with E-state index in [0.29, 0.717) is 28.7 Å². The summed E-state index contributed by atoms with van der Waals surface area (Å²) < 4.78 is 29.1. The van der Waals surface area contributed by atoms with Gasteiger partial charge < -0.3 is 37.3 Å². The molecule has 0 bridgehead atoms. The van der Waals surface area contributed by atoms with Crippen molar-refractivity contribution in [1.29, 1.82) is 1.34 Å². The van der Waals surface area contributed by atoms with Crippen LogP contribution in [-0.4, -0.2) is 83.2 Å². The molecule has 2 heterocycles. The average Bonchev–Trinajstić information content (AvgIpc) is 3.23. The molecule has 10 nitrogen and oxygen atoms in total. The molecule has 0 aliphatic carbocycles. The van der Waals surface area contributed by atoms with Crippen molar-refractivity contribution in [3.8, 4) is 33.8 Å². The molecule has 0 atom stereocenters. The summed E-state index contributed by atoms with van der Waals surface area (Å²) in [4.78, 5) is 30.0. The first-order chi connectivity index (χ1) is 28.4. The van der Waals surface area contributed by atoms with E-state index in [1.165, 1.54) is 6.07 Å². The first kappa shape index (κ1) is 51.2. The third kappa shape index (κ3) is 17.0. The van der Waals surface area contributed by atoms with Crippen LogP contribution in [0.4, 0.5) is 10.2 Å². The molecule has 2 radical (unpaired) electrons. The van der Waals surface area contributed by atoms with Gasteiger partial charge in [-0.1, -0.05) is 71.7 Å². The minimum absolute atomic E-state index is 0. The number of carboxylic acids is 2. The van der Waals surface area contributed by atoms with Gasteiger partial charge in [-0.05, 0) is 115 Å². The third-order valence-electron chi connectivity index (χ3n) is 8.30. The number of methoxy groups -OCH3 is 2. The quantitative estimate of drug-likeness (QED) is 0.0586. The smallest absolute Gasteiger partial charge is 0.323 e. The predicted molar refractivity (Wildman–Crippen MR) is 237 cm³/mol. The summed E-state index contributed by atoms with van der Waals surface area (Å²) in [6.07, 6.45) is 4.70. The number of aromatic nitrogens is 2. The Morgan fingerprint density at radius 2 is 1.20 bits per heavy atom. The van der Waals surface area contributed by atoms with E-state index in [1.807, 2.05) is 84.9 Å². The zero-order chi connectivity index (χ0) is 43.3. The molecule has 6 rings (SSSR count). The second-order valence-electron chi connectivity index (χ2n) is 12.6. The molecule has 0 saturated carbocycles. The number of carboxylic acid groups (broad SMARTS) is 2. The summed E-state index contributed by atoms with van der Waals surface area (Å²) in [6.45, 7) is -0.0478. The van der Waals surface area contributed by atoms with E-state index >= 15 is 0 Å². The fourth-order valence-corrected chi connectivity index (χ4v) is 6.04. The van der Waals surface area contributed by atoms with Crippen LogP contribution in [0.5, 0.6) is 11.5 Å². The summed E-state index contributed by atoms with van der Waals surface area (Å²) >= 11 is 12.2. The van der Waals surface area contributed by atoms with Gasteiger partial charge in [0.05, 0.1) is 20.8 Å². The molecule has 0 aliphatic rings. The largest absolute Gasteiger partial charge is 0.496 e. The van der Waals surface area contributed by atoms with Crippen molar-refractivity contribution in [3.05, 3.63) is 167 Å². The minimum atomic E-state index is -0.889. The van der Waals surface area contributed by atoms with Crippen molar-refractivity contribution >= 4 is 49.3 Å². The van der Waals surface area contributed by atoms with Crippen molar-refractivity contribution in [2.24, 2.45) is 0 Å². The van der Waals surface area contributed by atoms with E-state index in [-0.39, 0.29) is 51.6 Å². The number of rotatable bonds is 13. The number of halogens is 3. The molecule has 312 valence electrons. The molecule has 0 spiro atoms. The zero-order valence-corrected chi connectivity index (χ0v) is 39.6. The Bertz CT molecular complexity index is 2260. The van der Waals surface area contributed by atoms with Gasteiger partial charge in [-0.25, -0.2) is 9.97 Å². The van der Waals surface area contributed by atoms with Gasteiger partial charge in [-0.2, -0.15) is 4.39 Å². The number of likely N-dealkylation sites (N-methyl/N-ethyl adjacent to an activating group) is 2. The van der Waals surface area contributed by atoms with E-state index in [9.17, 15) is 14.0 Å². The monoisotopic (exact) mass is 1080 g/mol. The van der Waals surface area contributed by atoms with Gasteiger partial charge in [0.1, 0.15) is 23.9 Å². The molecule has 60 heavy (non-hydrogen) atoms. The summed E-state index contributed by atoms with van der Waals surface area (Å²) in [7, 11) is 10.3. The first-order valence-corrected chi connectivity index (χ1v) is 18.3. The van der Waals surface area contributed by atoms with Crippen LogP contribution in [0, 0.1) is 44.5 Å². The van der Waals surface area contributed by atoms with Crippen LogP contribution in [-0.2, 0) is 22.4 Å². The Morgan fingerprint density at radius 3 is 1.55 bits per heavy atom. The molecular formula is C45H47BCl2FN4O6U-. The van der Waals surface area contributed by atoms with Crippen molar-refractivity contribution in [2.75, 3.05) is 46.3 Å². The third-order valence-corrected chi connectivity index (χ3v) is 8.78. The predicted octanol–water partition coefficient (Wildman–Crippen LogP) is 8.75. The SMILES string of the molecule is CNCC(=O)O.COc1ccc(Cc2ccc(F)nc2)cc1-c1cccc(Cl)c1.COc1ccc(Cc2ccc(N(C)CC(=O)O)nc2)cc1-c1cccc(Cl)c1.[2H][B].[CH3-].[U]. The molecule has 0 aliphatic heterocycles. The van der Waals surface area contributed by atoms with Crippen molar-refractivity contribution in [3.63, 3.8) is 0 Å². The number of nitrogens with one attached hydrogen (secondary N) is 1. The number of hydrogen-bond acceptors (Lipinski definition) is 8. The van der Waals surface area contributed by atoms with E-state index < -0.39 is 17.9 Å². The summed E-state index contributed by atoms with van der Waals surface area (Å²) in [5, 5.41) is 20.6. The molecule has 4 aromatic carbocycles. The molecule has 3 N–H and O–H groups in total. The topological polar surface area (TPSA) is 134 Å². The Morgan fingerprint density at radius 1 is 0.733 bits per heavy atom. The standard InChI is InChI=1S/C22H21ClN2O3.C19H15ClFNO.C3H7NO2.CH3.BH.U/c1-25(14-22(26)27)21-9-7-16(13-24-21)10-15-6-8-20(28-2)19(11-15)17-4-3-5-18(23)12-17;1-23-18-7-5-13(9-14-6-8-19(21)22-12-14)10-17(18)15-3-2-4-16(20)11-15;1-4-2-3(5)6;;;/h3-9,11-13H,10,14H2,1-2H3,(H,26,27);2-8,10-12H,9H2,1H3;4H,2H2,1H3,(H,5,6);1H3;1H;/q;;;-1;;/i;;;;1D;. The van der Waals surface area contributed by atoms with Crippen molar-refractivity contribution < 1.29 is 64.8 Å². The molecule has 0 unspecified atom stereocenters. The summed E-state index contributed by atoms with van der Waals surface area (Å²) in [5.41, 5.74) is 8.14. The van der Waals surface area contributed by atoms with E-state index in [1.54, 1.807) is 51.7 Å². The van der Waals surface area contributed by atoms with Gasteiger partial charge in [0, 0.05) is 80.1 Å². The van der Waals surface area contributed by atoms with Crippen LogP contribution in [0.3, 0.4) is 0 Å². The number of aliphatic carboxylic acids is 2. The normalized spacial score (nSPS) is 9.88. The maximum Gasteiger partial charge on any atom is 0.323 e. The van der Waals surface area contributed by atoms with Crippen LogP contribution in [0.2, 0.25) is 10.0 Å². The number of nitrogens with zero attached hydrogens (tertiary/aromatic N) is 3. The van der Waals surface area contributed by atoms with Gasteiger partial charge in [0.2, 0.25) is 5.95 Å². The van der Waals surface area contributed by atoms with E-state index in [2.05, 4.69) is 35.8 Å². The van der Waals surface area contributed by atoms with Crippen LogP contribution in [0.15, 0.2) is 122 Å². The van der Waals surface area contributed by atoms with Gasteiger partial charge in [0.15, 0.2) is 0 Å². The zero-order valence-electron chi connectivity index (χ0n) is 35.0. The Kier molecular flexibility index (Phi) is 23.1. The Balaban J connectivity index is 0.000000511. The molecular weight excluding hydrogens is 1030 g/mol. The molecule has 15 heteroatoms. The fourth-order valence-electron chi connectivity index (χ4n) is 5.66. The summed E-state index contributed by atoms with van der Waals surface area (Å²) in [6, 6.07) is 34.3. The van der Waals surface area contributed by atoms with Crippen LogP contribution in [0.1, 0.15) is 22.3 Å². The molecule has 0 amide bonds. The Labute approximate surface area is 388 Å². The number of benzene rings is 4. The van der Waals surface area contributed by atoms with Gasteiger partial charge in [0.25, 0.3) is 0 Å². The maximum absolute atomic E-state index is 12.9. The number of ether oxygens (including phenoxy) is 2. The number of hydrogen-bond donors (Lipinski definition) is 3. The van der Waals surface area contributed by atoms with Crippen molar-refractivity contribution in [2.45, 2.75) is 12.8 Å². The average molecular weight is 1080 g/mol. The molecule has 2 aromatic heterocycles. The second-order valence-corrected chi connectivity index (χ2v) is 13.5. The first-order valence-electron chi connectivity index (χ1n) is 18.2.